The molecule has 0 saturated carbocycles. The van der Waals surface area contributed by atoms with Crippen molar-refractivity contribution in [3.05, 3.63) is 95.2 Å². The highest BCUT2D eigenvalue weighted by molar-refractivity contribution is 5.96. The summed E-state index contributed by atoms with van der Waals surface area (Å²) >= 11 is 0. The fraction of sp³-hybridized carbons (Fsp3) is 0.241. The van der Waals surface area contributed by atoms with Gasteiger partial charge >= 0.3 is 0 Å². The predicted molar refractivity (Wildman–Crippen MR) is 138 cm³/mol. The zero-order valence-electron chi connectivity index (χ0n) is 20.1. The molecule has 4 aromatic rings. The molecule has 0 radical (unpaired) electrons. The van der Waals surface area contributed by atoms with Crippen LogP contribution in [0.2, 0.25) is 0 Å². The molecule has 0 unspecified atom stereocenters. The van der Waals surface area contributed by atoms with Crippen molar-refractivity contribution in [1.82, 2.24) is 10.3 Å². The van der Waals surface area contributed by atoms with E-state index in [4.69, 9.17) is 9.47 Å². The highest BCUT2D eigenvalue weighted by Crippen LogP contribution is 2.32. The van der Waals surface area contributed by atoms with Crippen molar-refractivity contribution in [3.8, 4) is 11.5 Å². The van der Waals surface area contributed by atoms with Crippen LogP contribution in [0.1, 0.15) is 27.0 Å². The third-order valence-electron chi connectivity index (χ3n) is 6.35. The van der Waals surface area contributed by atoms with Gasteiger partial charge in [-0.3, -0.25) is 9.78 Å². The van der Waals surface area contributed by atoms with Crippen LogP contribution < -0.4 is 15.0 Å². The molecule has 6 nitrogen and oxygen atoms in total. The number of benzene rings is 3. The molecule has 178 valence electrons. The summed E-state index contributed by atoms with van der Waals surface area (Å²) in [5.74, 6) is 1.25. The van der Waals surface area contributed by atoms with Crippen molar-refractivity contribution in [2.45, 2.75) is 20.4 Å². The standard InChI is InChI=1S/C29H29N3O3/c1-20-9-10-25-26(17-20)30-12-11-28(25)35-27-8-4-7-24(21(27)2)29(33)31-19-22-5-3-6-23(18-22)32-13-15-34-16-14-32/h3-12,17-18H,13-16,19H2,1-2H3,(H,31,33). The van der Waals surface area contributed by atoms with Crippen LogP contribution in [0.5, 0.6) is 11.5 Å². The predicted octanol–water partition coefficient (Wildman–Crippen LogP) is 5.41. The third kappa shape index (κ3) is 5.12. The van der Waals surface area contributed by atoms with E-state index >= 15 is 0 Å². The lowest BCUT2D eigenvalue weighted by Gasteiger charge is -2.29. The first kappa shape index (κ1) is 22.9. The van der Waals surface area contributed by atoms with Crippen LogP contribution in [-0.2, 0) is 11.3 Å². The van der Waals surface area contributed by atoms with E-state index in [0.717, 1.165) is 65.3 Å². The number of morpholine rings is 1. The Labute approximate surface area is 205 Å². The number of carbonyl (C=O) groups excluding carboxylic acids is 1. The molecular weight excluding hydrogens is 438 g/mol. The normalized spacial score (nSPS) is 13.6. The quantitative estimate of drug-likeness (QED) is 0.411. The molecule has 1 N–H and O–H groups in total. The van der Waals surface area contributed by atoms with Gasteiger partial charge < -0.3 is 19.7 Å². The first-order chi connectivity index (χ1) is 17.1. The molecule has 1 aliphatic heterocycles. The lowest BCUT2D eigenvalue weighted by atomic mass is 10.1. The Morgan fingerprint density at radius 3 is 2.69 bits per heavy atom. The summed E-state index contributed by atoms with van der Waals surface area (Å²) in [7, 11) is 0. The Balaban J connectivity index is 1.30. The molecular formula is C29H29N3O3. The van der Waals surface area contributed by atoms with Crippen LogP contribution in [0.15, 0.2) is 72.9 Å². The van der Waals surface area contributed by atoms with Gasteiger partial charge in [0.25, 0.3) is 5.91 Å². The zero-order valence-corrected chi connectivity index (χ0v) is 20.1. The Morgan fingerprint density at radius 1 is 1.00 bits per heavy atom. The number of nitrogens with zero attached hydrogens (tertiary/aromatic N) is 2. The number of pyridine rings is 1. The summed E-state index contributed by atoms with van der Waals surface area (Å²) in [4.78, 5) is 19.8. The number of rotatable bonds is 6. The van der Waals surface area contributed by atoms with Crippen molar-refractivity contribution >= 4 is 22.5 Å². The topological polar surface area (TPSA) is 63.7 Å². The van der Waals surface area contributed by atoms with Gasteiger partial charge in [0.1, 0.15) is 11.5 Å². The number of hydrogen-bond donors (Lipinski definition) is 1. The van der Waals surface area contributed by atoms with E-state index in [1.165, 1.54) is 0 Å². The van der Waals surface area contributed by atoms with Gasteiger partial charge in [-0.05, 0) is 67.4 Å². The number of carbonyl (C=O) groups is 1. The van der Waals surface area contributed by atoms with Gasteiger partial charge in [0.2, 0.25) is 0 Å². The molecule has 1 aromatic heterocycles. The van der Waals surface area contributed by atoms with E-state index in [2.05, 4.69) is 27.3 Å². The van der Waals surface area contributed by atoms with E-state index in [1.54, 1.807) is 6.20 Å². The zero-order chi connectivity index (χ0) is 24.2. The smallest absolute Gasteiger partial charge is 0.251 e. The molecule has 3 aromatic carbocycles. The molecule has 1 saturated heterocycles. The van der Waals surface area contributed by atoms with Gasteiger partial charge in [-0.25, -0.2) is 0 Å². The van der Waals surface area contributed by atoms with Crippen molar-refractivity contribution < 1.29 is 14.3 Å². The monoisotopic (exact) mass is 467 g/mol. The molecule has 0 atom stereocenters. The molecule has 1 amide bonds. The lowest BCUT2D eigenvalue weighted by molar-refractivity contribution is 0.0950. The van der Waals surface area contributed by atoms with Gasteiger partial charge in [0, 0.05) is 48.0 Å². The van der Waals surface area contributed by atoms with Crippen LogP contribution >= 0.6 is 0 Å². The Kier molecular flexibility index (Phi) is 6.64. The molecule has 1 aliphatic rings. The van der Waals surface area contributed by atoms with Crippen LogP contribution in [-0.4, -0.2) is 37.2 Å². The molecule has 0 spiro atoms. The summed E-state index contributed by atoms with van der Waals surface area (Å²) < 4.78 is 11.7. The summed E-state index contributed by atoms with van der Waals surface area (Å²) in [6.07, 6.45) is 1.74. The molecule has 0 bridgehead atoms. The Bertz CT molecular complexity index is 1360. The van der Waals surface area contributed by atoms with Gasteiger partial charge in [-0.1, -0.05) is 24.3 Å². The minimum atomic E-state index is -0.125. The Hall–Kier alpha value is -3.90. The van der Waals surface area contributed by atoms with Crippen molar-refractivity contribution in [2.24, 2.45) is 0 Å². The highest BCUT2D eigenvalue weighted by Gasteiger charge is 2.15. The first-order valence-corrected chi connectivity index (χ1v) is 11.9. The second kappa shape index (κ2) is 10.2. The van der Waals surface area contributed by atoms with Gasteiger partial charge in [-0.2, -0.15) is 0 Å². The molecule has 6 heteroatoms. The maximum absolute atomic E-state index is 13.1. The number of aryl methyl sites for hydroxylation is 1. The largest absolute Gasteiger partial charge is 0.456 e. The maximum atomic E-state index is 13.1. The second-order valence-corrected chi connectivity index (χ2v) is 8.81. The van der Waals surface area contributed by atoms with Gasteiger partial charge in [-0.15, -0.1) is 0 Å². The summed E-state index contributed by atoms with van der Waals surface area (Å²) in [5.41, 5.74) is 5.64. The number of nitrogens with one attached hydrogen (secondary N) is 1. The Morgan fingerprint density at radius 2 is 1.83 bits per heavy atom. The van der Waals surface area contributed by atoms with Crippen LogP contribution in [0.3, 0.4) is 0 Å². The van der Waals surface area contributed by atoms with Crippen LogP contribution in [0.4, 0.5) is 5.69 Å². The van der Waals surface area contributed by atoms with Crippen LogP contribution in [0, 0.1) is 13.8 Å². The first-order valence-electron chi connectivity index (χ1n) is 11.9. The van der Waals surface area contributed by atoms with Gasteiger partial charge in [0.15, 0.2) is 0 Å². The van der Waals surface area contributed by atoms with Crippen LogP contribution in [0.25, 0.3) is 10.9 Å². The van der Waals surface area contributed by atoms with E-state index < -0.39 is 0 Å². The molecule has 2 heterocycles. The van der Waals surface area contributed by atoms with Crippen molar-refractivity contribution in [3.63, 3.8) is 0 Å². The maximum Gasteiger partial charge on any atom is 0.251 e. The number of anilines is 1. The van der Waals surface area contributed by atoms with E-state index in [9.17, 15) is 4.79 Å². The molecule has 5 rings (SSSR count). The summed E-state index contributed by atoms with van der Waals surface area (Å²) in [6, 6.07) is 21.8. The number of hydrogen-bond acceptors (Lipinski definition) is 5. The number of amides is 1. The number of fused-ring (bicyclic) bond motifs is 1. The van der Waals surface area contributed by atoms with Crippen molar-refractivity contribution in [2.75, 3.05) is 31.2 Å². The summed E-state index contributed by atoms with van der Waals surface area (Å²) in [5, 5.41) is 4.00. The average Bonchev–Trinajstić information content (AvgIpc) is 2.89. The molecule has 0 aliphatic carbocycles. The number of aromatic nitrogens is 1. The van der Waals surface area contributed by atoms with E-state index in [0.29, 0.717) is 17.9 Å². The minimum absolute atomic E-state index is 0.125. The van der Waals surface area contributed by atoms with Gasteiger partial charge in [0.05, 0.1) is 18.7 Å². The van der Waals surface area contributed by atoms with Crippen molar-refractivity contribution in [1.29, 1.82) is 0 Å². The third-order valence-corrected chi connectivity index (χ3v) is 6.35. The summed E-state index contributed by atoms with van der Waals surface area (Å²) in [6.45, 7) is 7.66. The fourth-order valence-corrected chi connectivity index (χ4v) is 4.37. The molecule has 35 heavy (non-hydrogen) atoms. The van der Waals surface area contributed by atoms with E-state index in [-0.39, 0.29) is 5.91 Å². The fourth-order valence-electron chi connectivity index (χ4n) is 4.37. The minimum Gasteiger partial charge on any atom is -0.456 e. The van der Waals surface area contributed by atoms with E-state index in [1.807, 2.05) is 68.4 Å². The lowest BCUT2D eigenvalue weighted by Crippen LogP contribution is -2.36. The average molecular weight is 468 g/mol. The SMILES string of the molecule is Cc1ccc2c(Oc3cccc(C(=O)NCc4cccc(N5CCOCC5)c4)c3C)ccnc2c1. The highest BCUT2D eigenvalue weighted by atomic mass is 16.5. The second-order valence-electron chi connectivity index (χ2n) is 8.81. The number of ether oxygens (including phenoxy) is 2. The molecule has 1 fully saturated rings.